The van der Waals surface area contributed by atoms with Crippen LogP contribution in [0.15, 0.2) is 24.3 Å². The smallest absolute Gasteiger partial charge is 0.223 e. The van der Waals surface area contributed by atoms with Crippen molar-refractivity contribution in [1.82, 2.24) is 4.90 Å². The number of hydrogen-bond donors (Lipinski definition) is 0. The molecule has 1 fully saturated rings. The van der Waals surface area contributed by atoms with Crippen LogP contribution in [0.4, 0.5) is 0 Å². The molecule has 1 heterocycles. The van der Waals surface area contributed by atoms with Gasteiger partial charge in [0.25, 0.3) is 0 Å². The van der Waals surface area contributed by atoms with Crippen molar-refractivity contribution in [3.63, 3.8) is 0 Å². The fourth-order valence-corrected chi connectivity index (χ4v) is 2.05. The van der Waals surface area contributed by atoms with Crippen LogP contribution < -0.4 is 4.74 Å². The number of carbonyl (C=O) groups is 1. The van der Waals surface area contributed by atoms with Crippen LogP contribution in [0.5, 0.6) is 5.75 Å². The Kier molecular flexibility index (Phi) is 3.89. The lowest BCUT2D eigenvalue weighted by atomic mass is 10.1. The fraction of sp³-hybridized carbons (Fsp3) is 0.385. The summed E-state index contributed by atoms with van der Waals surface area (Å²) in [6.07, 6.45) is 1.88. The Hall–Kier alpha value is -1.22. The number of nitrogens with zero attached hydrogens (tertiary/aromatic N) is 1. The second-order valence-electron chi connectivity index (χ2n) is 4.15. The van der Waals surface area contributed by atoms with Gasteiger partial charge in [-0.3, -0.25) is 4.79 Å². The van der Waals surface area contributed by atoms with E-state index in [1.54, 1.807) is 4.90 Å². The number of likely N-dealkylation sites (tertiary alicyclic amines) is 1. The van der Waals surface area contributed by atoms with Crippen LogP contribution in [0, 0.1) is 6.92 Å². The van der Waals surface area contributed by atoms with Gasteiger partial charge in [-0.2, -0.15) is 0 Å². The van der Waals surface area contributed by atoms with Gasteiger partial charge >= 0.3 is 0 Å². The summed E-state index contributed by atoms with van der Waals surface area (Å²) in [4.78, 5) is 12.8. The topological polar surface area (TPSA) is 29.5 Å². The molecule has 0 unspecified atom stereocenters. The Bertz CT molecular complexity index is 383. The Morgan fingerprint density at radius 3 is 2.41 bits per heavy atom. The van der Waals surface area contributed by atoms with Gasteiger partial charge in [0, 0.05) is 37.9 Å². The second kappa shape index (κ2) is 5.41. The van der Waals surface area contributed by atoms with Crippen molar-refractivity contribution in [3.05, 3.63) is 36.2 Å². The molecule has 0 saturated carbocycles. The predicted octanol–water partition coefficient (Wildman–Crippen LogP) is 2.54. The van der Waals surface area contributed by atoms with Crippen LogP contribution >= 0.6 is 11.6 Å². The Labute approximate surface area is 106 Å². The van der Waals surface area contributed by atoms with E-state index in [9.17, 15) is 4.79 Å². The zero-order chi connectivity index (χ0) is 12.3. The Balaban J connectivity index is 1.85. The van der Waals surface area contributed by atoms with E-state index in [1.165, 1.54) is 0 Å². The number of ether oxygens (including phenoxy) is 1. The van der Waals surface area contributed by atoms with Gasteiger partial charge in [0.1, 0.15) is 11.9 Å². The predicted molar refractivity (Wildman–Crippen MR) is 67.0 cm³/mol. The summed E-state index contributed by atoms with van der Waals surface area (Å²) < 4.78 is 5.82. The van der Waals surface area contributed by atoms with Gasteiger partial charge in [-0.1, -0.05) is 11.6 Å². The minimum Gasteiger partial charge on any atom is -0.490 e. The molecule has 17 heavy (non-hydrogen) atoms. The van der Waals surface area contributed by atoms with Crippen molar-refractivity contribution in [1.29, 1.82) is 0 Å². The van der Waals surface area contributed by atoms with E-state index in [0.29, 0.717) is 5.02 Å². The molecule has 0 bridgehead atoms. The molecule has 2 rings (SSSR count). The molecule has 1 aromatic carbocycles. The number of carbonyl (C=O) groups excluding carboxylic acids is 1. The third kappa shape index (κ3) is 3.37. The molecule has 0 aliphatic carbocycles. The summed E-state index contributed by atoms with van der Waals surface area (Å²) >= 11 is 5.80. The van der Waals surface area contributed by atoms with E-state index in [0.717, 1.165) is 31.7 Å². The molecule has 91 valence electrons. The fourth-order valence-electron chi connectivity index (χ4n) is 1.93. The first-order valence-electron chi connectivity index (χ1n) is 5.68. The van der Waals surface area contributed by atoms with Crippen LogP contribution in [0.1, 0.15) is 12.8 Å². The van der Waals surface area contributed by atoms with Crippen molar-refractivity contribution in [2.45, 2.75) is 18.9 Å². The van der Waals surface area contributed by atoms with Crippen molar-refractivity contribution < 1.29 is 9.53 Å². The van der Waals surface area contributed by atoms with Crippen molar-refractivity contribution in [3.8, 4) is 5.75 Å². The summed E-state index contributed by atoms with van der Waals surface area (Å²) in [5, 5.41) is 0.704. The largest absolute Gasteiger partial charge is 0.490 e. The standard InChI is InChI=1S/C13H15ClNO2/c1-10(16)15-8-6-13(7-9-15)17-12-4-2-11(14)3-5-12/h2-5,13H,1,6-9H2. The monoisotopic (exact) mass is 252 g/mol. The molecule has 3 nitrogen and oxygen atoms in total. The molecule has 1 saturated heterocycles. The van der Waals surface area contributed by atoms with Crippen LogP contribution in [0.3, 0.4) is 0 Å². The zero-order valence-electron chi connectivity index (χ0n) is 9.56. The normalized spacial score (nSPS) is 16.9. The van der Waals surface area contributed by atoms with Crippen molar-refractivity contribution >= 4 is 17.5 Å². The molecule has 1 radical (unpaired) electrons. The second-order valence-corrected chi connectivity index (χ2v) is 4.59. The number of amides is 1. The lowest BCUT2D eigenvalue weighted by molar-refractivity contribution is -0.128. The third-order valence-electron chi connectivity index (χ3n) is 2.91. The molecule has 0 spiro atoms. The minimum atomic E-state index is -0.102. The number of hydrogen-bond acceptors (Lipinski definition) is 2. The molecule has 0 atom stereocenters. The summed E-state index contributed by atoms with van der Waals surface area (Å²) in [6, 6.07) is 7.35. The summed E-state index contributed by atoms with van der Waals surface area (Å²) in [5.74, 6) is 0.726. The van der Waals surface area contributed by atoms with E-state index in [2.05, 4.69) is 6.92 Å². The lowest BCUT2D eigenvalue weighted by Crippen LogP contribution is -2.40. The molecular formula is C13H15ClNO2. The molecular weight excluding hydrogens is 238 g/mol. The number of piperidine rings is 1. The molecule has 0 N–H and O–H groups in total. The molecule has 1 aliphatic rings. The first-order valence-corrected chi connectivity index (χ1v) is 6.06. The molecule has 1 aliphatic heterocycles. The van der Waals surface area contributed by atoms with Gasteiger partial charge in [0.05, 0.1) is 0 Å². The zero-order valence-corrected chi connectivity index (χ0v) is 10.3. The number of halogens is 1. The van der Waals surface area contributed by atoms with Crippen molar-refractivity contribution in [2.24, 2.45) is 0 Å². The lowest BCUT2D eigenvalue weighted by Gasteiger charge is -2.31. The van der Waals surface area contributed by atoms with E-state index < -0.39 is 0 Å². The first-order chi connectivity index (χ1) is 8.15. The molecule has 4 heteroatoms. The van der Waals surface area contributed by atoms with Gasteiger partial charge < -0.3 is 9.64 Å². The molecule has 0 aromatic heterocycles. The van der Waals surface area contributed by atoms with Crippen LogP contribution in [-0.2, 0) is 4.79 Å². The average molecular weight is 253 g/mol. The van der Waals surface area contributed by atoms with E-state index >= 15 is 0 Å². The van der Waals surface area contributed by atoms with E-state index in [-0.39, 0.29) is 12.0 Å². The quantitative estimate of drug-likeness (QED) is 0.810. The minimum absolute atomic E-state index is 0.102. The Morgan fingerprint density at radius 1 is 1.29 bits per heavy atom. The summed E-state index contributed by atoms with van der Waals surface area (Å²) in [7, 11) is 0. The maximum atomic E-state index is 11.1. The van der Waals surface area contributed by atoms with Gasteiger partial charge in [0.15, 0.2) is 0 Å². The van der Waals surface area contributed by atoms with Gasteiger partial charge in [-0.25, -0.2) is 0 Å². The summed E-state index contributed by atoms with van der Waals surface area (Å²) in [6.45, 7) is 4.86. The maximum absolute atomic E-state index is 11.1. The van der Waals surface area contributed by atoms with Crippen molar-refractivity contribution in [2.75, 3.05) is 13.1 Å². The van der Waals surface area contributed by atoms with Crippen LogP contribution in [0.25, 0.3) is 0 Å². The van der Waals surface area contributed by atoms with E-state index in [1.807, 2.05) is 24.3 Å². The highest BCUT2D eigenvalue weighted by atomic mass is 35.5. The van der Waals surface area contributed by atoms with Crippen LogP contribution in [-0.4, -0.2) is 30.0 Å². The van der Waals surface area contributed by atoms with Gasteiger partial charge in [0.2, 0.25) is 5.91 Å². The highest BCUT2D eigenvalue weighted by Crippen LogP contribution is 2.20. The van der Waals surface area contributed by atoms with E-state index in [4.69, 9.17) is 16.3 Å². The maximum Gasteiger partial charge on any atom is 0.223 e. The SMILES string of the molecule is [CH2]C(=O)N1CCC(Oc2ccc(Cl)cc2)CC1. The number of rotatable bonds is 2. The molecule has 1 aromatic rings. The van der Waals surface area contributed by atoms with Gasteiger partial charge in [-0.15, -0.1) is 0 Å². The Morgan fingerprint density at radius 2 is 1.88 bits per heavy atom. The highest BCUT2D eigenvalue weighted by molar-refractivity contribution is 6.30. The average Bonchev–Trinajstić information content (AvgIpc) is 2.33. The number of benzene rings is 1. The molecule has 1 amide bonds. The van der Waals surface area contributed by atoms with Gasteiger partial charge in [-0.05, 0) is 24.3 Å². The first kappa shape index (κ1) is 12.2. The van der Waals surface area contributed by atoms with Crippen LogP contribution in [0.2, 0.25) is 5.02 Å². The highest BCUT2D eigenvalue weighted by Gasteiger charge is 2.21. The summed E-state index contributed by atoms with van der Waals surface area (Å²) in [5.41, 5.74) is 0. The third-order valence-corrected chi connectivity index (χ3v) is 3.16.